The molecule has 1 heterocycles. The summed E-state index contributed by atoms with van der Waals surface area (Å²) in [6.45, 7) is 0.386. The molecule has 6 nitrogen and oxygen atoms in total. The summed E-state index contributed by atoms with van der Waals surface area (Å²) in [6, 6.07) is 18.7. The van der Waals surface area contributed by atoms with E-state index >= 15 is 0 Å². The largest absolute Gasteiger partial charge is 0.493 e. The van der Waals surface area contributed by atoms with Crippen molar-refractivity contribution in [3.8, 4) is 17.2 Å². The van der Waals surface area contributed by atoms with Crippen LogP contribution in [0.2, 0.25) is 0 Å². The number of carbonyl (C=O) groups excluding carboxylic acids is 1. The van der Waals surface area contributed by atoms with Crippen molar-refractivity contribution < 1.29 is 19.0 Å². The van der Waals surface area contributed by atoms with E-state index in [0.717, 1.165) is 11.1 Å². The molecule has 3 aromatic rings. The first-order valence-electron chi connectivity index (χ1n) is 9.02. The smallest absolute Gasteiger partial charge is 0.249 e. The van der Waals surface area contributed by atoms with Gasteiger partial charge in [0.2, 0.25) is 5.91 Å². The van der Waals surface area contributed by atoms with Gasteiger partial charge < -0.3 is 19.5 Å². The van der Waals surface area contributed by atoms with Gasteiger partial charge in [0.15, 0.2) is 23.1 Å². The predicted molar refractivity (Wildman–Crippen MR) is 112 cm³/mol. The number of benzene rings is 2. The lowest BCUT2D eigenvalue weighted by Crippen LogP contribution is -2.11. The van der Waals surface area contributed by atoms with E-state index in [1.165, 1.54) is 6.08 Å². The zero-order valence-corrected chi connectivity index (χ0v) is 16.3. The van der Waals surface area contributed by atoms with Crippen molar-refractivity contribution in [2.45, 2.75) is 6.61 Å². The fraction of sp³-hybridized carbons (Fsp3) is 0.130. The molecule has 0 aliphatic heterocycles. The summed E-state index contributed by atoms with van der Waals surface area (Å²) in [4.78, 5) is 16.5. The first kappa shape index (κ1) is 19.9. The highest BCUT2D eigenvalue weighted by molar-refractivity contribution is 6.02. The Morgan fingerprint density at radius 1 is 0.966 bits per heavy atom. The molecule has 0 spiro atoms. The molecule has 2 aromatic carbocycles. The van der Waals surface area contributed by atoms with Crippen LogP contribution in [0, 0.1) is 0 Å². The van der Waals surface area contributed by atoms with Gasteiger partial charge in [0.25, 0.3) is 0 Å². The van der Waals surface area contributed by atoms with Crippen LogP contribution in [0.3, 0.4) is 0 Å². The van der Waals surface area contributed by atoms with Crippen LogP contribution in [-0.4, -0.2) is 25.1 Å². The van der Waals surface area contributed by atoms with Crippen LogP contribution in [0.4, 0.5) is 5.82 Å². The van der Waals surface area contributed by atoms with E-state index in [1.54, 1.807) is 50.8 Å². The first-order chi connectivity index (χ1) is 14.2. The van der Waals surface area contributed by atoms with Crippen molar-refractivity contribution >= 4 is 17.8 Å². The van der Waals surface area contributed by atoms with Crippen LogP contribution in [0.15, 0.2) is 72.9 Å². The van der Waals surface area contributed by atoms with Gasteiger partial charge in [-0.2, -0.15) is 0 Å². The van der Waals surface area contributed by atoms with E-state index in [0.29, 0.717) is 29.7 Å². The second kappa shape index (κ2) is 9.94. The average molecular weight is 390 g/mol. The molecule has 0 unspecified atom stereocenters. The van der Waals surface area contributed by atoms with Crippen LogP contribution in [0.1, 0.15) is 11.1 Å². The number of aromatic nitrogens is 1. The number of carbonyl (C=O) groups is 1. The zero-order chi connectivity index (χ0) is 20.5. The lowest BCUT2D eigenvalue weighted by molar-refractivity contribution is -0.111. The lowest BCUT2D eigenvalue weighted by Gasteiger charge is -2.10. The highest BCUT2D eigenvalue weighted by Gasteiger charge is 2.08. The Morgan fingerprint density at radius 3 is 2.52 bits per heavy atom. The minimum Gasteiger partial charge on any atom is -0.493 e. The Balaban J connectivity index is 1.65. The fourth-order valence-corrected chi connectivity index (χ4v) is 2.62. The average Bonchev–Trinajstić information content (AvgIpc) is 2.77. The van der Waals surface area contributed by atoms with Gasteiger partial charge in [-0.3, -0.25) is 4.79 Å². The highest BCUT2D eigenvalue weighted by atomic mass is 16.5. The van der Waals surface area contributed by atoms with E-state index in [9.17, 15) is 4.79 Å². The normalized spacial score (nSPS) is 10.6. The van der Waals surface area contributed by atoms with Gasteiger partial charge in [-0.05, 0) is 41.5 Å². The molecule has 3 rings (SSSR count). The van der Waals surface area contributed by atoms with Crippen LogP contribution < -0.4 is 19.5 Å². The number of hydrogen-bond donors (Lipinski definition) is 1. The van der Waals surface area contributed by atoms with Gasteiger partial charge in [0.05, 0.1) is 14.2 Å². The first-order valence-corrected chi connectivity index (χ1v) is 9.02. The van der Waals surface area contributed by atoms with Gasteiger partial charge in [-0.1, -0.05) is 36.4 Å². The summed E-state index contributed by atoms with van der Waals surface area (Å²) in [6.07, 6.45) is 4.71. The maximum atomic E-state index is 12.3. The van der Waals surface area contributed by atoms with Crippen LogP contribution >= 0.6 is 0 Å². The van der Waals surface area contributed by atoms with Gasteiger partial charge >= 0.3 is 0 Å². The molecule has 0 saturated carbocycles. The molecule has 0 aliphatic rings. The highest BCUT2D eigenvalue weighted by Crippen LogP contribution is 2.28. The van der Waals surface area contributed by atoms with Crippen LogP contribution in [0.25, 0.3) is 6.08 Å². The summed E-state index contributed by atoms with van der Waals surface area (Å²) in [5.74, 6) is 1.77. The molecule has 29 heavy (non-hydrogen) atoms. The summed E-state index contributed by atoms with van der Waals surface area (Å²) < 4.78 is 16.3. The maximum Gasteiger partial charge on any atom is 0.249 e. The molecule has 1 aromatic heterocycles. The standard InChI is InChI=1S/C23H22N2O4/c1-27-19-12-10-17(15-21(19)28-2)11-13-22(26)25-23-20(9-6-14-24-23)29-16-18-7-4-3-5-8-18/h3-15H,16H2,1-2H3,(H,24,25,26)/b13-11+. The Morgan fingerprint density at radius 2 is 1.76 bits per heavy atom. The molecule has 0 aliphatic carbocycles. The van der Waals surface area contributed by atoms with Crippen molar-refractivity contribution in [2.24, 2.45) is 0 Å². The number of anilines is 1. The van der Waals surface area contributed by atoms with E-state index < -0.39 is 0 Å². The summed E-state index contributed by atoms with van der Waals surface area (Å²) >= 11 is 0. The number of nitrogens with zero attached hydrogens (tertiary/aromatic N) is 1. The monoisotopic (exact) mass is 390 g/mol. The molecule has 0 fully saturated rings. The summed E-state index contributed by atoms with van der Waals surface area (Å²) in [7, 11) is 3.14. The number of ether oxygens (including phenoxy) is 3. The third-order valence-corrected chi connectivity index (χ3v) is 4.08. The van der Waals surface area contributed by atoms with E-state index in [4.69, 9.17) is 14.2 Å². The predicted octanol–water partition coefficient (Wildman–Crippen LogP) is 4.33. The van der Waals surface area contributed by atoms with Crippen molar-refractivity contribution in [3.63, 3.8) is 0 Å². The molecule has 0 atom stereocenters. The molecule has 1 N–H and O–H groups in total. The third-order valence-electron chi connectivity index (χ3n) is 4.08. The van der Waals surface area contributed by atoms with E-state index in [2.05, 4.69) is 10.3 Å². The molecule has 0 radical (unpaired) electrons. The number of amides is 1. The summed E-state index contributed by atoms with van der Waals surface area (Å²) in [5, 5.41) is 2.75. The van der Waals surface area contributed by atoms with Crippen molar-refractivity contribution in [3.05, 3.63) is 84.1 Å². The number of pyridine rings is 1. The molecular formula is C23H22N2O4. The number of nitrogens with one attached hydrogen (secondary N) is 1. The van der Waals surface area contributed by atoms with E-state index in [-0.39, 0.29) is 5.91 Å². The second-order valence-corrected chi connectivity index (χ2v) is 6.06. The quantitative estimate of drug-likeness (QED) is 0.580. The summed E-state index contributed by atoms with van der Waals surface area (Å²) in [5.41, 5.74) is 1.83. The Hall–Kier alpha value is -3.80. The lowest BCUT2D eigenvalue weighted by atomic mass is 10.2. The molecule has 6 heteroatoms. The minimum atomic E-state index is -0.317. The topological polar surface area (TPSA) is 69.7 Å². The van der Waals surface area contributed by atoms with Gasteiger partial charge in [0, 0.05) is 12.3 Å². The molecule has 0 saturated heterocycles. The minimum absolute atomic E-state index is 0.317. The van der Waals surface area contributed by atoms with Crippen LogP contribution in [-0.2, 0) is 11.4 Å². The Bertz CT molecular complexity index is 987. The fourth-order valence-electron chi connectivity index (χ4n) is 2.62. The third kappa shape index (κ3) is 5.59. The van der Waals surface area contributed by atoms with Gasteiger partial charge in [0.1, 0.15) is 6.61 Å². The number of methoxy groups -OCH3 is 2. The Kier molecular flexibility index (Phi) is 6.84. The van der Waals surface area contributed by atoms with Crippen molar-refractivity contribution in [1.29, 1.82) is 0 Å². The Labute approximate surface area is 169 Å². The molecule has 148 valence electrons. The number of hydrogen-bond acceptors (Lipinski definition) is 5. The SMILES string of the molecule is COc1ccc(/C=C/C(=O)Nc2ncccc2OCc2ccccc2)cc1OC. The van der Waals surface area contributed by atoms with Gasteiger partial charge in [-0.25, -0.2) is 4.98 Å². The zero-order valence-electron chi connectivity index (χ0n) is 16.3. The number of rotatable bonds is 8. The van der Waals surface area contributed by atoms with Crippen molar-refractivity contribution in [1.82, 2.24) is 4.98 Å². The van der Waals surface area contributed by atoms with Crippen molar-refractivity contribution in [2.75, 3.05) is 19.5 Å². The maximum absolute atomic E-state index is 12.3. The van der Waals surface area contributed by atoms with Gasteiger partial charge in [-0.15, -0.1) is 0 Å². The van der Waals surface area contributed by atoms with Crippen LogP contribution in [0.5, 0.6) is 17.2 Å². The van der Waals surface area contributed by atoms with E-state index in [1.807, 2.05) is 36.4 Å². The molecular weight excluding hydrogens is 368 g/mol. The molecule has 1 amide bonds. The second-order valence-electron chi connectivity index (χ2n) is 6.06. The molecule has 0 bridgehead atoms.